The number of esters is 2. The van der Waals surface area contributed by atoms with Crippen LogP contribution in [-0.4, -0.2) is 82.3 Å². The third-order valence-electron chi connectivity index (χ3n) is 19.7. The first kappa shape index (κ1) is 96.0. The minimum absolute atomic E-state index is 0.151. The number of unbranched alkanes of at least 4 members (excludes halogenated alkanes) is 57. The van der Waals surface area contributed by atoms with Gasteiger partial charge in [-0.1, -0.05) is 408 Å². The SMILES string of the molecule is CC/C=C\C/C=C\C/C=C\C/C=C\CCCCCCCCCCCCCCCCCCCCCCCCCCCCCCC(=O)OC(COC(=O)CCCCCCCCCCCCCCCCCCCCCCC/C=C\CCCCCCCCCC)COC(OCC[N+](C)(C)C)C(=O)[O-]. The molecule has 0 aromatic heterocycles. The number of carbonyl (C=O) groups is 3. The van der Waals surface area contributed by atoms with Crippen molar-refractivity contribution in [2.45, 2.75) is 450 Å². The number of carboxylic acids is 1. The number of hydrogen-bond acceptors (Lipinski definition) is 8. The molecule has 0 heterocycles. The van der Waals surface area contributed by atoms with Crippen LogP contribution in [0.2, 0.25) is 0 Å². The summed E-state index contributed by atoms with van der Waals surface area (Å²) in [5.41, 5.74) is 0. The molecule has 0 radical (unpaired) electrons. The van der Waals surface area contributed by atoms with Crippen molar-refractivity contribution < 1.29 is 42.9 Å². The smallest absolute Gasteiger partial charge is 0.306 e. The highest BCUT2D eigenvalue weighted by Gasteiger charge is 2.22. The predicted molar refractivity (Wildman–Crippen MR) is 426 cm³/mol. The van der Waals surface area contributed by atoms with E-state index in [9.17, 15) is 19.5 Å². The van der Waals surface area contributed by atoms with E-state index in [2.05, 4.69) is 74.6 Å². The summed E-state index contributed by atoms with van der Waals surface area (Å²) in [5, 5.41) is 11.9. The van der Waals surface area contributed by atoms with Gasteiger partial charge in [0.05, 0.1) is 40.3 Å². The number of carboxylic acid groups (broad SMARTS) is 1. The molecule has 9 heteroatoms. The Kier molecular flexibility index (Phi) is 78.2. The normalized spacial score (nSPS) is 12.9. The van der Waals surface area contributed by atoms with Crippen LogP contribution in [0.5, 0.6) is 0 Å². The molecule has 0 saturated heterocycles. The number of likely N-dealkylation sites (N-methyl/N-ethyl adjacent to an activating group) is 1. The van der Waals surface area contributed by atoms with E-state index in [0.717, 1.165) is 64.2 Å². The van der Waals surface area contributed by atoms with Crippen molar-refractivity contribution in [3.63, 3.8) is 0 Å². The monoisotopic (exact) mass is 1390 g/mol. The third kappa shape index (κ3) is 82.2. The summed E-state index contributed by atoms with van der Waals surface area (Å²) in [6.45, 7) is 4.72. The number of rotatable bonds is 82. The molecule has 9 nitrogen and oxygen atoms in total. The Hall–Kier alpha value is -3.01. The summed E-state index contributed by atoms with van der Waals surface area (Å²) < 4.78 is 22.9. The molecule has 0 amide bonds. The zero-order chi connectivity index (χ0) is 71.8. The van der Waals surface area contributed by atoms with Crippen molar-refractivity contribution in [3.05, 3.63) is 60.8 Å². The molecule has 0 aliphatic rings. The summed E-state index contributed by atoms with van der Waals surface area (Å²) in [6.07, 6.45) is 105. The molecule has 0 rings (SSSR count). The summed E-state index contributed by atoms with van der Waals surface area (Å²) >= 11 is 0. The summed E-state index contributed by atoms with van der Waals surface area (Å²) in [6, 6.07) is 0. The molecule has 0 saturated carbocycles. The highest BCUT2D eigenvalue weighted by atomic mass is 16.7. The Morgan fingerprint density at radius 3 is 0.869 bits per heavy atom. The summed E-state index contributed by atoms with van der Waals surface area (Å²) in [4.78, 5) is 37.7. The van der Waals surface area contributed by atoms with Crippen molar-refractivity contribution in [1.29, 1.82) is 0 Å². The Morgan fingerprint density at radius 2 is 0.576 bits per heavy atom. The molecular formula is C90H167NO8. The van der Waals surface area contributed by atoms with Crippen LogP contribution in [0.15, 0.2) is 60.8 Å². The van der Waals surface area contributed by atoms with Crippen LogP contribution < -0.4 is 5.11 Å². The number of allylic oxidation sites excluding steroid dienone is 10. The predicted octanol–water partition coefficient (Wildman–Crippen LogP) is 26.8. The summed E-state index contributed by atoms with van der Waals surface area (Å²) in [7, 11) is 5.96. The minimum Gasteiger partial charge on any atom is -0.545 e. The fraction of sp³-hybridized carbons (Fsp3) is 0.856. The zero-order valence-corrected chi connectivity index (χ0v) is 66.6. The lowest BCUT2D eigenvalue weighted by molar-refractivity contribution is -0.870. The van der Waals surface area contributed by atoms with Crippen LogP contribution in [0.3, 0.4) is 0 Å². The van der Waals surface area contributed by atoms with Crippen LogP contribution >= 0.6 is 0 Å². The van der Waals surface area contributed by atoms with E-state index < -0.39 is 24.3 Å². The Balaban J connectivity index is 3.91. The van der Waals surface area contributed by atoms with Crippen LogP contribution in [0.25, 0.3) is 0 Å². The molecule has 0 aliphatic carbocycles. The van der Waals surface area contributed by atoms with E-state index in [-0.39, 0.29) is 32.2 Å². The van der Waals surface area contributed by atoms with Gasteiger partial charge < -0.3 is 33.3 Å². The average Bonchev–Trinajstić information content (AvgIpc) is 2.62. The maximum Gasteiger partial charge on any atom is 0.306 e. The van der Waals surface area contributed by atoms with Crippen molar-refractivity contribution in [2.75, 3.05) is 47.5 Å². The van der Waals surface area contributed by atoms with Gasteiger partial charge in [0.15, 0.2) is 12.4 Å². The van der Waals surface area contributed by atoms with E-state index in [4.69, 9.17) is 18.9 Å². The van der Waals surface area contributed by atoms with Gasteiger partial charge in [-0.05, 0) is 77.0 Å². The Labute approximate surface area is 615 Å². The second-order valence-corrected chi connectivity index (χ2v) is 30.8. The van der Waals surface area contributed by atoms with Gasteiger partial charge in [-0.15, -0.1) is 0 Å². The van der Waals surface area contributed by atoms with E-state index in [1.807, 2.05) is 21.1 Å². The number of aliphatic carboxylic acids is 1. The standard InChI is InChI=1S/C90H167NO8/c1-6-8-10-12-14-16-18-20-22-24-26-28-30-32-34-36-38-40-41-42-43-44-45-46-47-49-51-53-55-57-59-61-63-65-67-69-71-73-75-77-79-81-88(93)99-86(85-98-90(89(94)95)96-83-82-91(3,4)5)84-97-87(92)80-78-76-74-72-70-68-66-64-62-60-58-56-54-52-50-48-39-37-35-33-31-29-27-25-23-21-19-17-15-13-11-9-7-2/h8,10,14,16,20,22,25-28,86,90H,6-7,9,11-13,15,17-19,21,23-24,29-85H2,1-5H3/b10-8-,16-14-,22-20-,27-25-,28-26-. The minimum atomic E-state index is -1.62. The maximum absolute atomic E-state index is 13.0. The van der Waals surface area contributed by atoms with E-state index >= 15 is 0 Å². The first-order valence-electron chi connectivity index (χ1n) is 43.4. The lowest BCUT2D eigenvalue weighted by Gasteiger charge is -2.26. The molecular weight excluding hydrogens is 1220 g/mol. The average molecular weight is 1390 g/mol. The van der Waals surface area contributed by atoms with Gasteiger partial charge in [0.25, 0.3) is 0 Å². The number of nitrogens with zero attached hydrogens (tertiary/aromatic N) is 1. The molecule has 0 fully saturated rings. The molecule has 0 aromatic carbocycles. The largest absolute Gasteiger partial charge is 0.545 e. The quantitative estimate of drug-likeness (QED) is 0.0195. The maximum atomic E-state index is 13.0. The fourth-order valence-electron chi connectivity index (χ4n) is 13.2. The second-order valence-electron chi connectivity index (χ2n) is 30.8. The molecule has 0 N–H and O–H groups in total. The number of ether oxygens (including phenoxy) is 4. The van der Waals surface area contributed by atoms with Gasteiger partial charge >= 0.3 is 11.9 Å². The zero-order valence-electron chi connectivity index (χ0n) is 66.6. The Bertz CT molecular complexity index is 1820. The highest BCUT2D eigenvalue weighted by Crippen LogP contribution is 2.20. The first-order valence-corrected chi connectivity index (χ1v) is 43.4. The fourth-order valence-corrected chi connectivity index (χ4v) is 13.2. The molecule has 580 valence electrons. The van der Waals surface area contributed by atoms with Crippen LogP contribution in [0.1, 0.15) is 438 Å². The first-order chi connectivity index (χ1) is 48.6. The van der Waals surface area contributed by atoms with E-state index in [1.165, 1.54) is 347 Å². The van der Waals surface area contributed by atoms with E-state index in [0.29, 0.717) is 17.4 Å². The molecule has 99 heavy (non-hydrogen) atoms. The molecule has 2 unspecified atom stereocenters. The molecule has 0 aliphatic heterocycles. The highest BCUT2D eigenvalue weighted by molar-refractivity contribution is 5.70. The second kappa shape index (κ2) is 80.7. The topological polar surface area (TPSA) is 111 Å². The van der Waals surface area contributed by atoms with Crippen LogP contribution in [0.4, 0.5) is 0 Å². The van der Waals surface area contributed by atoms with Gasteiger partial charge in [-0.2, -0.15) is 0 Å². The van der Waals surface area contributed by atoms with Gasteiger partial charge in [-0.3, -0.25) is 9.59 Å². The number of quaternary nitrogens is 1. The van der Waals surface area contributed by atoms with E-state index in [1.54, 1.807) is 0 Å². The number of hydrogen-bond donors (Lipinski definition) is 0. The molecule has 0 bridgehead atoms. The molecule has 0 spiro atoms. The van der Waals surface area contributed by atoms with Gasteiger partial charge in [-0.25, -0.2) is 0 Å². The number of carbonyl (C=O) groups excluding carboxylic acids is 3. The van der Waals surface area contributed by atoms with Crippen LogP contribution in [-0.2, 0) is 33.3 Å². The van der Waals surface area contributed by atoms with Crippen molar-refractivity contribution in [3.8, 4) is 0 Å². The van der Waals surface area contributed by atoms with Crippen LogP contribution in [0, 0.1) is 0 Å². The lowest BCUT2D eigenvalue weighted by atomic mass is 10.0. The summed E-state index contributed by atoms with van der Waals surface area (Å²) in [5.74, 6) is -2.25. The molecule has 2 atom stereocenters. The van der Waals surface area contributed by atoms with Gasteiger partial charge in [0.2, 0.25) is 0 Å². The van der Waals surface area contributed by atoms with Crippen molar-refractivity contribution in [2.24, 2.45) is 0 Å². The third-order valence-corrected chi connectivity index (χ3v) is 19.7. The molecule has 0 aromatic rings. The van der Waals surface area contributed by atoms with Crippen molar-refractivity contribution in [1.82, 2.24) is 0 Å². The lowest BCUT2D eigenvalue weighted by Crippen LogP contribution is -2.44. The van der Waals surface area contributed by atoms with Gasteiger partial charge in [0.1, 0.15) is 13.2 Å². The Morgan fingerprint density at radius 1 is 0.313 bits per heavy atom. The van der Waals surface area contributed by atoms with Crippen molar-refractivity contribution >= 4 is 17.9 Å². The van der Waals surface area contributed by atoms with Gasteiger partial charge in [0, 0.05) is 12.8 Å².